The molecule has 0 N–H and O–H groups in total. The zero-order valence-electron chi connectivity index (χ0n) is 11.4. The molecule has 1 nitrogen and oxygen atoms in total. The lowest BCUT2D eigenvalue weighted by atomic mass is 9.96. The molecule has 19 heavy (non-hydrogen) atoms. The van der Waals surface area contributed by atoms with Gasteiger partial charge < -0.3 is 4.74 Å². The van der Waals surface area contributed by atoms with Crippen molar-refractivity contribution in [3.05, 3.63) is 70.8 Å². The monoisotopic (exact) mass is 250 g/mol. The number of benzene rings is 2. The van der Waals surface area contributed by atoms with Crippen molar-refractivity contribution in [2.24, 2.45) is 0 Å². The highest BCUT2D eigenvalue weighted by atomic mass is 16.5. The summed E-state index contributed by atoms with van der Waals surface area (Å²) >= 11 is 0. The van der Waals surface area contributed by atoms with E-state index < -0.39 is 0 Å². The molecule has 1 aliphatic rings. The van der Waals surface area contributed by atoms with Crippen LogP contribution in [0.1, 0.15) is 23.6 Å². The lowest BCUT2D eigenvalue weighted by Gasteiger charge is -2.24. The molecule has 96 valence electrons. The molecule has 1 unspecified atom stereocenters. The molecule has 3 rings (SSSR count). The molecular weight excluding hydrogens is 232 g/mol. The van der Waals surface area contributed by atoms with Gasteiger partial charge in [0.25, 0.3) is 0 Å². The average molecular weight is 250 g/mol. The van der Waals surface area contributed by atoms with Gasteiger partial charge in [0.15, 0.2) is 0 Å². The van der Waals surface area contributed by atoms with Crippen molar-refractivity contribution in [2.45, 2.75) is 26.4 Å². The van der Waals surface area contributed by atoms with Crippen LogP contribution in [0.15, 0.2) is 54.1 Å². The third-order valence-electron chi connectivity index (χ3n) is 3.61. The van der Waals surface area contributed by atoms with Gasteiger partial charge in [-0.2, -0.15) is 0 Å². The van der Waals surface area contributed by atoms with Gasteiger partial charge in [-0.3, -0.25) is 0 Å². The first-order valence-corrected chi connectivity index (χ1v) is 6.74. The number of hydrogen-bond donors (Lipinski definition) is 0. The predicted molar refractivity (Wildman–Crippen MR) is 79.4 cm³/mol. The van der Waals surface area contributed by atoms with E-state index in [0.29, 0.717) is 0 Å². The fraction of sp³-hybridized carbons (Fsp3) is 0.222. The SMILES string of the molecule is Cc1ccc(CC2=Cc3ccccc3OC2C)cc1. The minimum absolute atomic E-state index is 0.149. The third-order valence-corrected chi connectivity index (χ3v) is 3.61. The van der Waals surface area contributed by atoms with Gasteiger partial charge >= 0.3 is 0 Å². The van der Waals surface area contributed by atoms with E-state index in [2.05, 4.69) is 56.3 Å². The summed E-state index contributed by atoms with van der Waals surface area (Å²) in [6, 6.07) is 16.9. The second-order valence-electron chi connectivity index (χ2n) is 5.18. The summed E-state index contributed by atoms with van der Waals surface area (Å²) in [4.78, 5) is 0. The average Bonchev–Trinajstić information content (AvgIpc) is 2.42. The lowest BCUT2D eigenvalue weighted by molar-refractivity contribution is 0.250. The van der Waals surface area contributed by atoms with Crippen LogP contribution in [0.2, 0.25) is 0 Å². The summed E-state index contributed by atoms with van der Waals surface area (Å²) in [5.41, 5.74) is 5.16. The smallest absolute Gasteiger partial charge is 0.127 e. The number of para-hydroxylation sites is 1. The Kier molecular flexibility index (Phi) is 3.12. The standard InChI is InChI=1S/C18H18O/c1-13-7-9-15(10-8-13)11-17-12-16-5-3-4-6-18(16)19-14(17)2/h3-10,12,14H,11H2,1-2H3. The van der Waals surface area contributed by atoms with Gasteiger partial charge in [0.1, 0.15) is 11.9 Å². The van der Waals surface area contributed by atoms with Gasteiger partial charge in [-0.05, 0) is 43.5 Å². The van der Waals surface area contributed by atoms with Crippen LogP contribution in [0.4, 0.5) is 0 Å². The minimum Gasteiger partial charge on any atom is -0.486 e. The van der Waals surface area contributed by atoms with Crippen molar-refractivity contribution in [2.75, 3.05) is 0 Å². The Morgan fingerprint density at radius 1 is 1.00 bits per heavy atom. The Hall–Kier alpha value is -2.02. The quantitative estimate of drug-likeness (QED) is 0.767. The summed E-state index contributed by atoms with van der Waals surface area (Å²) in [6.45, 7) is 4.24. The normalized spacial score (nSPS) is 17.4. The molecule has 0 aromatic heterocycles. The summed E-state index contributed by atoms with van der Waals surface area (Å²) in [5, 5.41) is 0. The van der Waals surface area contributed by atoms with Crippen LogP contribution in [-0.4, -0.2) is 6.10 Å². The van der Waals surface area contributed by atoms with Crippen LogP contribution in [0.25, 0.3) is 6.08 Å². The maximum Gasteiger partial charge on any atom is 0.127 e. The molecule has 0 bridgehead atoms. The molecule has 0 aliphatic carbocycles. The summed E-state index contributed by atoms with van der Waals surface area (Å²) in [5.74, 6) is 0.989. The second-order valence-corrected chi connectivity index (χ2v) is 5.18. The lowest BCUT2D eigenvalue weighted by Crippen LogP contribution is -2.20. The number of hydrogen-bond acceptors (Lipinski definition) is 1. The second kappa shape index (κ2) is 4.93. The van der Waals surface area contributed by atoms with Crippen molar-refractivity contribution in [3.8, 4) is 5.75 Å². The van der Waals surface area contributed by atoms with Crippen molar-refractivity contribution in [1.29, 1.82) is 0 Å². The van der Waals surface area contributed by atoms with Crippen LogP contribution in [0.3, 0.4) is 0 Å². The molecule has 0 fully saturated rings. The molecule has 0 amide bonds. The van der Waals surface area contributed by atoms with Gasteiger partial charge in [-0.15, -0.1) is 0 Å². The number of ether oxygens (including phenoxy) is 1. The number of fused-ring (bicyclic) bond motifs is 1. The fourth-order valence-electron chi connectivity index (χ4n) is 2.43. The number of rotatable bonds is 2. The Labute approximate surface area is 114 Å². The van der Waals surface area contributed by atoms with E-state index in [1.807, 2.05) is 12.1 Å². The van der Waals surface area contributed by atoms with E-state index in [0.717, 1.165) is 12.2 Å². The van der Waals surface area contributed by atoms with E-state index in [1.54, 1.807) is 0 Å². The molecule has 0 saturated carbocycles. The molecule has 2 aromatic carbocycles. The summed E-state index contributed by atoms with van der Waals surface area (Å²) < 4.78 is 5.97. The Balaban J connectivity index is 1.88. The minimum atomic E-state index is 0.149. The Morgan fingerprint density at radius 3 is 2.53 bits per heavy atom. The van der Waals surface area contributed by atoms with E-state index in [4.69, 9.17) is 4.74 Å². The Bertz CT molecular complexity index is 608. The fourth-order valence-corrected chi connectivity index (χ4v) is 2.43. The van der Waals surface area contributed by atoms with Gasteiger partial charge in [0.05, 0.1) is 0 Å². The first-order chi connectivity index (χ1) is 9.22. The molecule has 2 aromatic rings. The molecule has 1 atom stereocenters. The van der Waals surface area contributed by atoms with Crippen LogP contribution in [0.5, 0.6) is 5.75 Å². The van der Waals surface area contributed by atoms with Gasteiger partial charge in [-0.25, -0.2) is 0 Å². The highest BCUT2D eigenvalue weighted by molar-refractivity contribution is 5.63. The van der Waals surface area contributed by atoms with Crippen LogP contribution in [0, 0.1) is 6.92 Å². The topological polar surface area (TPSA) is 9.23 Å². The van der Waals surface area contributed by atoms with Crippen LogP contribution >= 0.6 is 0 Å². The van der Waals surface area contributed by atoms with Crippen molar-refractivity contribution >= 4 is 6.08 Å². The third kappa shape index (κ3) is 2.55. The summed E-state index contributed by atoms with van der Waals surface area (Å²) in [7, 11) is 0. The maximum absolute atomic E-state index is 5.97. The van der Waals surface area contributed by atoms with Gasteiger partial charge in [-0.1, -0.05) is 48.0 Å². The van der Waals surface area contributed by atoms with Gasteiger partial charge in [0, 0.05) is 5.56 Å². The van der Waals surface area contributed by atoms with Crippen LogP contribution in [-0.2, 0) is 6.42 Å². The largest absolute Gasteiger partial charge is 0.486 e. The molecule has 1 heteroatoms. The highest BCUT2D eigenvalue weighted by Crippen LogP contribution is 2.30. The predicted octanol–water partition coefficient (Wildman–Crippen LogP) is 4.40. The number of aryl methyl sites for hydroxylation is 1. The van der Waals surface area contributed by atoms with E-state index >= 15 is 0 Å². The molecule has 0 saturated heterocycles. The molecule has 1 aliphatic heterocycles. The van der Waals surface area contributed by atoms with Crippen molar-refractivity contribution < 1.29 is 4.74 Å². The van der Waals surface area contributed by atoms with Gasteiger partial charge in [0.2, 0.25) is 0 Å². The van der Waals surface area contributed by atoms with Crippen molar-refractivity contribution in [1.82, 2.24) is 0 Å². The first kappa shape index (κ1) is 12.0. The molecule has 1 heterocycles. The summed E-state index contributed by atoms with van der Waals surface area (Å²) in [6.07, 6.45) is 3.37. The maximum atomic E-state index is 5.97. The van der Waals surface area contributed by atoms with E-state index in [-0.39, 0.29) is 6.10 Å². The molecular formula is C18H18O. The Morgan fingerprint density at radius 2 is 1.74 bits per heavy atom. The zero-order chi connectivity index (χ0) is 13.2. The molecule has 0 radical (unpaired) electrons. The van der Waals surface area contributed by atoms with Crippen molar-refractivity contribution in [3.63, 3.8) is 0 Å². The van der Waals surface area contributed by atoms with Crippen LogP contribution < -0.4 is 4.74 Å². The molecule has 0 spiro atoms. The van der Waals surface area contributed by atoms with E-state index in [9.17, 15) is 0 Å². The highest BCUT2D eigenvalue weighted by Gasteiger charge is 2.18. The zero-order valence-corrected chi connectivity index (χ0v) is 11.4. The van der Waals surface area contributed by atoms with E-state index in [1.165, 1.54) is 22.3 Å². The first-order valence-electron chi connectivity index (χ1n) is 6.74.